The molecule has 2 N–H and O–H groups in total. The van der Waals surface area contributed by atoms with E-state index in [4.69, 9.17) is 5.73 Å². The first kappa shape index (κ1) is 14.5. The summed E-state index contributed by atoms with van der Waals surface area (Å²) in [5.74, 6) is 0. The van der Waals surface area contributed by atoms with Gasteiger partial charge in [0.25, 0.3) is 0 Å². The normalized spacial score (nSPS) is 20.8. The average Bonchev–Trinajstić information content (AvgIpc) is 2.58. The standard InChI is InChI=1S/C11H14Br2N2.ClH/c12-10-2-1-8(5-11(10)13)6-15-4-3-9(14)7-15;/h1-2,5,9H,3-4,6-7,14H2;1H. The Labute approximate surface area is 119 Å². The highest BCUT2D eigenvalue weighted by molar-refractivity contribution is 9.13. The van der Waals surface area contributed by atoms with E-state index in [2.05, 4.69) is 55.0 Å². The average molecular weight is 371 g/mol. The van der Waals surface area contributed by atoms with Gasteiger partial charge in [0.15, 0.2) is 0 Å². The van der Waals surface area contributed by atoms with Crippen LogP contribution < -0.4 is 5.73 Å². The van der Waals surface area contributed by atoms with Gasteiger partial charge in [0.1, 0.15) is 0 Å². The molecule has 5 heteroatoms. The molecule has 1 aliphatic heterocycles. The largest absolute Gasteiger partial charge is 0.326 e. The van der Waals surface area contributed by atoms with E-state index in [1.54, 1.807) is 0 Å². The van der Waals surface area contributed by atoms with E-state index in [1.807, 2.05) is 0 Å². The molecule has 1 aromatic rings. The summed E-state index contributed by atoms with van der Waals surface area (Å²) in [6, 6.07) is 6.76. The molecule has 1 saturated heterocycles. The van der Waals surface area contributed by atoms with Gasteiger partial charge in [-0.05, 0) is 56.0 Å². The zero-order valence-corrected chi connectivity index (χ0v) is 12.8. The van der Waals surface area contributed by atoms with Crippen LogP contribution in [0.4, 0.5) is 0 Å². The molecule has 1 heterocycles. The van der Waals surface area contributed by atoms with Gasteiger partial charge in [-0.1, -0.05) is 6.07 Å². The van der Waals surface area contributed by atoms with Crippen molar-refractivity contribution in [3.63, 3.8) is 0 Å². The lowest BCUT2D eigenvalue weighted by molar-refractivity contribution is 0.327. The minimum atomic E-state index is 0. The predicted molar refractivity (Wildman–Crippen MR) is 77.0 cm³/mol. The number of nitrogens with zero attached hydrogens (tertiary/aromatic N) is 1. The van der Waals surface area contributed by atoms with E-state index in [0.717, 1.165) is 35.0 Å². The third kappa shape index (κ3) is 3.70. The molecule has 0 bridgehead atoms. The lowest BCUT2D eigenvalue weighted by atomic mass is 10.2. The third-order valence-corrected chi connectivity index (χ3v) is 4.58. The maximum atomic E-state index is 5.87. The Bertz CT molecular complexity index is 360. The van der Waals surface area contributed by atoms with E-state index in [-0.39, 0.29) is 12.4 Å². The maximum absolute atomic E-state index is 5.87. The molecular formula is C11H15Br2ClN2. The van der Waals surface area contributed by atoms with Crippen molar-refractivity contribution >= 4 is 44.3 Å². The fraction of sp³-hybridized carbons (Fsp3) is 0.455. The number of hydrogen-bond donors (Lipinski definition) is 1. The highest BCUT2D eigenvalue weighted by Gasteiger charge is 2.18. The minimum Gasteiger partial charge on any atom is -0.326 e. The van der Waals surface area contributed by atoms with Crippen molar-refractivity contribution in [3.8, 4) is 0 Å². The van der Waals surface area contributed by atoms with Gasteiger partial charge in [0.05, 0.1) is 0 Å². The lowest BCUT2D eigenvalue weighted by Crippen LogP contribution is -2.26. The summed E-state index contributed by atoms with van der Waals surface area (Å²) in [6.45, 7) is 3.14. The monoisotopic (exact) mass is 368 g/mol. The summed E-state index contributed by atoms with van der Waals surface area (Å²) in [5, 5.41) is 0. The SMILES string of the molecule is Cl.NC1CCN(Cc2ccc(Br)c(Br)c2)C1. The fourth-order valence-corrected chi connectivity index (χ4v) is 2.58. The molecule has 16 heavy (non-hydrogen) atoms. The molecule has 1 unspecified atom stereocenters. The van der Waals surface area contributed by atoms with Crippen molar-refractivity contribution in [1.82, 2.24) is 4.90 Å². The summed E-state index contributed by atoms with van der Waals surface area (Å²) in [5.41, 5.74) is 7.21. The van der Waals surface area contributed by atoms with Gasteiger partial charge in [-0.25, -0.2) is 0 Å². The van der Waals surface area contributed by atoms with Crippen LogP contribution in [0.1, 0.15) is 12.0 Å². The molecule has 1 aromatic carbocycles. The topological polar surface area (TPSA) is 29.3 Å². The summed E-state index contributed by atoms with van der Waals surface area (Å²) in [4.78, 5) is 2.40. The number of benzene rings is 1. The Morgan fingerprint density at radius 3 is 2.62 bits per heavy atom. The van der Waals surface area contributed by atoms with Crippen LogP contribution in [-0.2, 0) is 6.54 Å². The Kier molecular flexibility index (Phi) is 5.74. The summed E-state index contributed by atoms with van der Waals surface area (Å²) in [6.07, 6.45) is 1.12. The van der Waals surface area contributed by atoms with Crippen molar-refractivity contribution in [2.75, 3.05) is 13.1 Å². The molecule has 0 amide bonds. The smallest absolute Gasteiger partial charge is 0.0320 e. The first-order valence-corrected chi connectivity index (χ1v) is 6.65. The second-order valence-electron chi connectivity index (χ2n) is 4.03. The fourth-order valence-electron chi connectivity index (χ4n) is 1.90. The number of halogens is 3. The minimum absolute atomic E-state index is 0. The summed E-state index contributed by atoms with van der Waals surface area (Å²) in [7, 11) is 0. The molecule has 0 saturated carbocycles. The van der Waals surface area contributed by atoms with E-state index in [1.165, 1.54) is 5.56 Å². The Hall–Kier alpha value is 0.390. The van der Waals surface area contributed by atoms with Gasteiger partial charge < -0.3 is 5.73 Å². The van der Waals surface area contributed by atoms with Crippen molar-refractivity contribution in [3.05, 3.63) is 32.7 Å². The van der Waals surface area contributed by atoms with Crippen molar-refractivity contribution in [2.45, 2.75) is 19.0 Å². The zero-order chi connectivity index (χ0) is 10.8. The number of nitrogens with two attached hydrogens (primary N) is 1. The molecular weight excluding hydrogens is 355 g/mol. The van der Waals surface area contributed by atoms with Crippen molar-refractivity contribution in [1.29, 1.82) is 0 Å². The van der Waals surface area contributed by atoms with E-state index in [9.17, 15) is 0 Å². The molecule has 1 fully saturated rings. The van der Waals surface area contributed by atoms with Crippen molar-refractivity contribution < 1.29 is 0 Å². The van der Waals surface area contributed by atoms with Crippen LogP contribution in [0.25, 0.3) is 0 Å². The highest BCUT2D eigenvalue weighted by atomic mass is 79.9. The molecule has 0 radical (unpaired) electrons. The van der Waals surface area contributed by atoms with Crippen molar-refractivity contribution in [2.24, 2.45) is 5.73 Å². The molecule has 1 aliphatic rings. The first-order chi connectivity index (χ1) is 7.15. The molecule has 0 aliphatic carbocycles. The second-order valence-corrected chi connectivity index (χ2v) is 5.74. The van der Waals surface area contributed by atoms with Crippen LogP contribution in [0.3, 0.4) is 0 Å². The molecule has 2 nitrogen and oxygen atoms in total. The van der Waals surface area contributed by atoms with Crippen LogP contribution in [0.5, 0.6) is 0 Å². The van der Waals surface area contributed by atoms with Gasteiger partial charge in [-0.2, -0.15) is 0 Å². The molecule has 1 atom stereocenters. The third-order valence-electron chi connectivity index (χ3n) is 2.70. The number of likely N-dealkylation sites (tertiary alicyclic amines) is 1. The molecule has 90 valence electrons. The quantitative estimate of drug-likeness (QED) is 0.866. The van der Waals surface area contributed by atoms with Crippen LogP contribution >= 0.6 is 44.3 Å². The zero-order valence-electron chi connectivity index (χ0n) is 8.83. The van der Waals surface area contributed by atoms with Crippen LogP contribution in [0.15, 0.2) is 27.1 Å². The lowest BCUT2D eigenvalue weighted by Gasteiger charge is -2.15. The molecule has 0 spiro atoms. The summed E-state index contributed by atoms with van der Waals surface area (Å²) < 4.78 is 2.22. The second kappa shape index (κ2) is 6.36. The van der Waals surface area contributed by atoms with Crippen LogP contribution in [0, 0.1) is 0 Å². The molecule has 2 rings (SSSR count). The Balaban J connectivity index is 0.00000128. The Morgan fingerprint density at radius 1 is 1.31 bits per heavy atom. The van der Waals surface area contributed by atoms with E-state index < -0.39 is 0 Å². The summed E-state index contributed by atoms with van der Waals surface area (Å²) >= 11 is 6.99. The highest BCUT2D eigenvalue weighted by Crippen LogP contribution is 2.24. The maximum Gasteiger partial charge on any atom is 0.0320 e. The Morgan fingerprint density at radius 2 is 2.06 bits per heavy atom. The number of hydrogen-bond acceptors (Lipinski definition) is 2. The van der Waals surface area contributed by atoms with Crippen LogP contribution in [-0.4, -0.2) is 24.0 Å². The number of rotatable bonds is 2. The molecule has 0 aromatic heterocycles. The predicted octanol–water partition coefficient (Wildman–Crippen LogP) is 3.17. The van der Waals surface area contributed by atoms with Gasteiger partial charge in [0.2, 0.25) is 0 Å². The van der Waals surface area contributed by atoms with Gasteiger partial charge in [-0.3, -0.25) is 4.90 Å². The van der Waals surface area contributed by atoms with E-state index in [0.29, 0.717) is 6.04 Å². The first-order valence-electron chi connectivity index (χ1n) is 5.07. The van der Waals surface area contributed by atoms with Crippen LogP contribution in [0.2, 0.25) is 0 Å². The van der Waals surface area contributed by atoms with Gasteiger partial charge in [0, 0.05) is 34.6 Å². The van der Waals surface area contributed by atoms with Gasteiger partial charge >= 0.3 is 0 Å². The van der Waals surface area contributed by atoms with Gasteiger partial charge in [-0.15, -0.1) is 12.4 Å². The van der Waals surface area contributed by atoms with E-state index >= 15 is 0 Å².